The summed E-state index contributed by atoms with van der Waals surface area (Å²) in [7, 11) is 0. The molecule has 0 aromatic rings. The Morgan fingerprint density at radius 3 is 2.88 bits per heavy atom. The van der Waals surface area contributed by atoms with E-state index in [0.717, 1.165) is 0 Å². The summed E-state index contributed by atoms with van der Waals surface area (Å²) in [6.45, 7) is 1.97. The molecule has 0 N–H and O–H groups in total. The lowest BCUT2D eigenvalue weighted by atomic mass is 10.3. The average molecular weight is 116 g/mol. The van der Waals surface area contributed by atoms with E-state index in [0.29, 0.717) is 6.42 Å². The highest BCUT2D eigenvalue weighted by atomic mass is 16.7. The highest BCUT2D eigenvalue weighted by Gasteiger charge is 2.15. The van der Waals surface area contributed by atoms with Gasteiger partial charge >= 0.3 is 5.97 Å². The zero-order chi connectivity index (χ0) is 5.98. The Kier molecular flexibility index (Phi) is 1.48. The van der Waals surface area contributed by atoms with Gasteiger partial charge in [0.15, 0.2) is 6.79 Å². The second kappa shape index (κ2) is 2.13. The molecule has 1 aliphatic heterocycles. The summed E-state index contributed by atoms with van der Waals surface area (Å²) in [6, 6.07) is 0. The lowest BCUT2D eigenvalue weighted by molar-refractivity contribution is -0.178. The summed E-state index contributed by atoms with van der Waals surface area (Å²) in [4.78, 5) is 10.4. The van der Waals surface area contributed by atoms with E-state index in [4.69, 9.17) is 4.74 Å². The van der Waals surface area contributed by atoms with Crippen LogP contribution in [-0.2, 0) is 14.3 Å². The highest BCUT2D eigenvalue weighted by Crippen LogP contribution is 2.04. The zero-order valence-corrected chi connectivity index (χ0v) is 4.72. The van der Waals surface area contributed by atoms with E-state index >= 15 is 0 Å². The molecule has 1 fully saturated rings. The second-order valence-corrected chi connectivity index (χ2v) is 1.82. The van der Waals surface area contributed by atoms with Crippen molar-refractivity contribution in [2.75, 3.05) is 6.79 Å². The number of rotatable bonds is 0. The number of cyclic esters (lactones) is 1. The van der Waals surface area contributed by atoms with Crippen LogP contribution in [0.15, 0.2) is 0 Å². The highest BCUT2D eigenvalue weighted by molar-refractivity contribution is 5.70. The third-order valence-electron chi connectivity index (χ3n) is 1.03. The van der Waals surface area contributed by atoms with Crippen LogP contribution in [0.5, 0.6) is 0 Å². The molecule has 0 amide bonds. The van der Waals surface area contributed by atoms with E-state index in [2.05, 4.69) is 4.74 Å². The van der Waals surface area contributed by atoms with Crippen molar-refractivity contribution < 1.29 is 14.3 Å². The van der Waals surface area contributed by atoms with Crippen molar-refractivity contribution in [3.8, 4) is 0 Å². The maximum atomic E-state index is 10.4. The first-order valence-electron chi connectivity index (χ1n) is 2.56. The molecular weight excluding hydrogens is 108 g/mol. The van der Waals surface area contributed by atoms with Crippen LogP contribution in [0.1, 0.15) is 13.3 Å². The van der Waals surface area contributed by atoms with Gasteiger partial charge in [-0.2, -0.15) is 0 Å². The van der Waals surface area contributed by atoms with Crippen LogP contribution in [0.25, 0.3) is 0 Å². The monoisotopic (exact) mass is 116 g/mol. The van der Waals surface area contributed by atoms with Crippen LogP contribution in [0.2, 0.25) is 0 Å². The summed E-state index contributed by atoms with van der Waals surface area (Å²) in [5, 5.41) is 0. The van der Waals surface area contributed by atoms with Gasteiger partial charge in [0.2, 0.25) is 0 Å². The van der Waals surface area contributed by atoms with Crippen LogP contribution in [0.3, 0.4) is 0 Å². The zero-order valence-electron chi connectivity index (χ0n) is 4.72. The van der Waals surface area contributed by atoms with E-state index in [1.807, 2.05) is 6.92 Å². The molecule has 3 heteroatoms. The minimum absolute atomic E-state index is 0.0382. The lowest BCUT2D eigenvalue weighted by Crippen LogP contribution is -2.24. The third kappa shape index (κ3) is 1.20. The molecule has 0 spiro atoms. The van der Waals surface area contributed by atoms with E-state index in [-0.39, 0.29) is 18.9 Å². The van der Waals surface area contributed by atoms with E-state index in [1.54, 1.807) is 0 Å². The fourth-order valence-corrected chi connectivity index (χ4v) is 0.568. The van der Waals surface area contributed by atoms with Crippen molar-refractivity contribution in [1.82, 2.24) is 0 Å². The van der Waals surface area contributed by atoms with E-state index in [9.17, 15) is 4.79 Å². The SMILES string of the molecule is C[C@H]1CC(=O)OCO1. The predicted molar refractivity (Wildman–Crippen MR) is 26.1 cm³/mol. The molecule has 0 saturated carbocycles. The van der Waals surface area contributed by atoms with Gasteiger partial charge in [-0.05, 0) is 6.92 Å². The molecule has 0 unspecified atom stereocenters. The molecule has 0 aliphatic carbocycles. The summed E-state index contributed by atoms with van der Waals surface area (Å²) in [5.74, 6) is -0.163. The Labute approximate surface area is 47.6 Å². The van der Waals surface area contributed by atoms with Gasteiger partial charge in [-0.1, -0.05) is 0 Å². The Hall–Kier alpha value is -0.570. The number of ether oxygens (including phenoxy) is 2. The van der Waals surface area contributed by atoms with Gasteiger partial charge < -0.3 is 9.47 Å². The van der Waals surface area contributed by atoms with Crippen LogP contribution in [0, 0.1) is 0 Å². The maximum absolute atomic E-state index is 10.4. The fraction of sp³-hybridized carbons (Fsp3) is 0.800. The molecule has 1 heterocycles. The minimum Gasteiger partial charge on any atom is -0.438 e. The van der Waals surface area contributed by atoms with Gasteiger partial charge in [0.05, 0.1) is 12.5 Å². The molecule has 0 aromatic carbocycles. The fourth-order valence-electron chi connectivity index (χ4n) is 0.568. The lowest BCUT2D eigenvalue weighted by Gasteiger charge is -2.17. The maximum Gasteiger partial charge on any atom is 0.310 e. The molecule has 0 bridgehead atoms. The van der Waals surface area contributed by atoms with Crippen molar-refractivity contribution in [2.45, 2.75) is 19.4 Å². The van der Waals surface area contributed by atoms with Crippen LogP contribution in [0.4, 0.5) is 0 Å². The van der Waals surface area contributed by atoms with Crippen molar-refractivity contribution in [3.63, 3.8) is 0 Å². The second-order valence-electron chi connectivity index (χ2n) is 1.82. The van der Waals surface area contributed by atoms with Crippen molar-refractivity contribution in [1.29, 1.82) is 0 Å². The number of carbonyl (C=O) groups is 1. The molecule has 0 aromatic heterocycles. The van der Waals surface area contributed by atoms with Crippen LogP contribution >= 0.6 is 0 Å². The first-order chi connectivity index (χ1) is 3.79. The predicted octanol–water partition coefficient (Wildman–Crippen LogP) is 0.296. The minimum atomic E-state index is -0.163. The Bertz CT molecular complexity index is 99.8. The summed E-state index contributed by atoms with van der Waals surface area (Å²) >= 11 is 0. The van der Waals surface area contributed by atoms with Crippen LogP contribution in [-0.4, -0.2) is 18.9 Å². The normalized spacial score (nSPS) is 29.6. The summed E-state index contributed by atoms with van der Waals surface area (Å²) < 4.78 is 9.39. The van der Waals surface area contributed by atoms with Crippen molar-refractivity contribution >= 4 is 5.97 Å². The average Bonchev–Trinajstić information content (AvgIpc) is 1.64. The third-order valence-corrected chi connectivity index (χ3v) is 1.03. The smallest absolute Gasteiger partial charge is 0.310 e. The molecular formula is C5H8O3. The molecule has 3 nitrogen and oxygen atoms in total. The largest absolute Gasteiger partial charge is 0.438 e. The molecule has 1 saturated heterocycles. The first-order valence-corrected chi connectivity index (χ1v) is 2.56. The molecule has 1 rings (SSSR count). The van der Waals surface area contributed by atoms with E-state index < -0.39 is 0 Å². The standard InChI is InChI=1S/C5H8O3/c1-4-2-5(6)8-3-7-4/h4H,2-3H2,1H3/t4-/m0/s1. The molecule has 8 heavy (non-hydrogen) atoms. The van der Waals surface area contributed by atoms with Gasteiger partial charge in [-0.3, -0.25) is 4.79 Å². The molecule has 1 atom stereocenters. The molecule has 0 radical (unpaired) electrons. The summed E-state index contributed by atoms with van der Waals surface area (Å²) in [6.07, 6.45) is 0.427. The quantitative estimate of drug-likeness (QED) is 0.427. The summed E-state index contributed by atoms with van der Waals surface area (Å²) in [5.41, 5.74) is 0. The van der Waals surface area contributed by atoms with Gasteiger partial charge in [0.1, 0.15) is 0 Å². The Morgan fingerprint density at radius 2 is 2.50 bits per heavy atom. The van der Waals surface area contributed by atoms with E-state index in [1.165, 1.54) is 0 Å². The first kappa shape index (κ1) is 5.56. The Balaban J connectivity index is 2.34. The number of carbonyl (C=O) groups excluding carboxylic acids is 1. The molecule has 1 aliphatic rings. The number of esters is 1. The van der Waals surface area contributed by atoms with Crippen molar-refractivity contribution in [2.24, 2.45) is 0 Å². The topological polar surface area (TPSA) is 35.5 Å². The van der Waals surface area contributed by atoms with Gasteiger partial charge in [0, 0.05) is 0 Å². The molecule has 46 valence electrons. The van der Waals surface area contributed by atoms with Gasteiger partial charge in [0.25, 0.3) is 0 Å². The number of hydrogen-bond donors (Lipinski definition) is 0. The Morgan fingerprint density at radius 1 is 1.75 bits per heavy atom. The van der Waals surface area contributed by atoms with Gasteiger partial charge in [-0.15, -0.1) is 0 Å². The van der Waals surface area contributed by atoms with Crippen molar-refractivity contribution in [3.05, 3.63) is 0 Å². The van der Waals surface area contributed by atoms with Crippen LogP contribution < -0.4 is 0 Å². The number of hydrogen-bond acceptors (Lipinski definition) is 3. The van der Waals surface area contributed by atoms with Gasteiger partial charge in [-0.25, -0.2) is 0 Å².